The molecule has 0 aromatic heterocycles. The Morgan fingerprint density at radius 1 is 1.26 bits per heavy atom. The third-order valence-electron chi connectivity index (χ3n) is 2.66. The average Bonchev–Trinajstić information content (AvgIpc) is 2.33. The second-order valence-corrected chi connectivity index (χ2v) is 4.32. The predicted octanol–water partition coefficient (Wildman–Crippen LogP) is 1.73. The molecule has 0 aliphatic rings. The van der Waals surface area contributed by atoms with E-state index >= 15 is 0 Å². The molecule has 0 spiro atoms. The van der Waals surface area contributed by atoms with E-state index in [1.807, 2.05) is 0 Å². The number of hydrogen-bond donors (Lipinski definition) is 1. The zero-order valence-electron chi connectivity index (χ0n) is 11.6. The van der Waals surface area contributed by atoms with Crippen LogP contribution in [0.1, 0.15) is 35.3 Å². The molecular weight excluding hydrogens is 246 g/mol. The maximum atomic E-state index is 11.5. The van der Waals surface area contributed by atoms with E-state index in [0.717, 1.165) is 11.1 Å². The van der Waals surface area contributed by atoms with Gasteiger partial charge in [-0.15, -0.1) is 0 Å². The lowest BCUT2D eigenvalue weighted by atomic mass is 10.1. The minimum Gasteiger partial charge on any atom is -0.478 e. The van der Waals surface area contributed by atoms with Crippen LogP contribution in [-0.4, -0.2) is 24.6 Å². The van der Waals surface area contributed by atoms with Crippen molar-refractivity contribution in [3.63, 3.8) is 0 Å². The SMILES string of the molecule is CCOC(=O)C(C)Oc1c(C)cc(C(N)=O)cc1C. The molecule has 5 heteroatoms. The van der Waals surface area contributed by atoms with Crippen molar-refractivity contribution in [3.05, 3.63) is 28.8 Å². The van der Waals surface area contributed by atoms with Gasteiger partial charge in [-0.2, -0.15) is 0 Å². The zero-order valence-corrected chi connectivity index (χ0v) is 11.6. The first-order chi connectivity index (χ1) is 8.86. The van der Waals surface area contributed by atoms with E-state index in [4.69, 9.17) is 15.2 Å². The van der Waals surface area contributed by atoms with Crippen LogP contribution in [0.25, 0.3) is 0 Å². The van der Waals surface area contributed by atoms with Crippen molar-refractivity contribution in [2.24, 2.45) is 5.73 Å². The first-order valence-corrected chi connectivity index (χ1v) is 6.11. The molecule has 0 heterocycles. The molecule has 1 amide bonds. The number of ether oxygens (including phenoxy) is 2. The van der Waals surface area contributed by atoms with Crippen molar-refractivity contribution in [1.29, 1.82) is 0 Å². The fraction of sp³-hybridized carbons (Fsp3) is 0.429. The number of hydrogen-bond acceptors (Lipinski definition) is 4. The van der Waals surface area contributed by atoms with Gasteiger partial charge in [-0.25, -0.2) is 4.79 Å². The topological polar surface area (TPSA) is 78.6 Å². The van der Waals surface area contributed by atoms with Gasteiger partial charge in [-0.1, -0.05) is 0 Å². The lowest BCUT2D eigenvalue weighted by Crippen LogP contribution is -2.26. The maximum Gasteiger partial charge on any atom is 0.347 e. The van der Waals surface area contributed by atoms with E-state index in [1.165, 1.54) is 0 Å². The summed E-state index contributed by atoms with van der Waals surface area (Å²) in [5.41, 5.74) is 7.17. The number of esters is 1. The monoisotopic (exact) mass is 265 g/mol. The minimum absolute atomic E-state index is 0.311. The number of rotatable bonds is 5. The highest BCUT2D eigenvalue weighted by Crippen LogP contribution is 2.26. The number of primary amides is 1. The summed E-state index contributed by atoms with van der Waals surface area (Å²) in [6, 6.07) is 3.28. The molecule has 1 aromatic carbocycles. The van der Waals surface area contributed by atoms with Gasteiger partial charge in [0, 0.05) is 5.56 Å². The van der Waals surface area contributed by atoms with E-state index in [2.05, 4.69) is 0 Å². The van der Waals surface area contributed by atoms with Crippen molar-refractivity contribution >= 4 is 11.9 Å². The Balaban J connectivity index is 2.96. The first kappa shape index (κ1) is 15.0. The molecule has 1 aromatic rings. The van der Waals surface area contributed by atoms with Crippen LogP contribution in [0.3, 0.4) is 0 Å². The van der Waals surface area contributed by atoms with Gasteiger partial charge in [0.15, 0.2) is 6.10 Å². The Hall–Kier alpha value is -2.04. The van der Waals surface area contributed by atoms with Crippen LogP contribution in [0.4, 0.5) is 0 Å². The highest BCUT2D eigenvalue weighted by Gasteiger charge is 2.18. The molecule has 0 aliphatic carbocycles. The molecule has 0 bridgehead atoms. The van der Waals surface area contributed by atoms with Crippen molar-refractivity contribution in [2.45, 2.75) is 33.8 Å². The van der Waals surface area contributed by atoms with E-state index in [9.17, 15) is 9.59 Å². The fourth-order valence-corrected chi connectivity index (χ4v) is 1.76. The Labute approximate surface area is 112 Å². The third kappa shape index (κ3) is 3.71. The smallest absolute Gasteiger partial charge is 0.347 e. The Morgan fingerprint density at radius 2 is 1.79 bits per heavy atom. The van der Waals surface area contributed by atoms with Gasteiger partial charge in [0.25, 0.3) is 0 Å². The second kappa shape index (κ2) is 6.22. The molecule has 0 radical (unpaired) electrons. The standard InChI is InChI=1S/C14H19NO4/c1-5-18-14(17)10(4)19-12-8(2)6-11(13(15)16)7-9(12)3/h6-7,10H,5H2,1-4H3,(H2,15,16). The van der Waals surface area contributed by atoms with Crippen molar-refractivity contribution < 1.29 is 19.1 Å². The minimum atomic E-state index is -0.697. The number of aryl methyl sites for hydroxylation is 2. The molecule has 0 fully saturated rings. The summed E-state index contributed by atoms with van der Waals surface area (Å²) >= 11 is 0. The molecule has 1 atom stereocenters. The summed E-state index contributed by atoms with van der Waals surface area (Å²) in [5, 5.41) is 0. The van der Waals surface area contributed by atoms with Gasteiger partial charge >= 0.3 is 5.97 Å². The van der Waals surface area contributed by atoms with Crippen LogP contribution in [-0.2, 0) is 9.53 Å². The molecule has 5 nitrogen and oxygen atoms in total. The quantitative estimate of drug-likeness (QED) is 0.822. The number of carbonyl (C=O) groups is 2. The van der Waals surface area contributed by atoms with Crippen LogP contribution >= 0.6 is 0 Å². The number of benzene rings is 1. The maximum absolute atomic E-state index is 11.5. The molecule has 0 aliphatic heterocycles. The van der Waals surface area contributed by atoms with Crippen LogP contribution in [0.15, 0.2) is 12.1 Å². The molecule has 1 unspecified atom stereocenters. The second-order valence-electron chi connectivity index (χ2n) is 4.32. The molecule has 2 N–H and O–H groups in total. The summed E-state index contributed by atoms with van der Waals surface area (Å²) in [6.45, 7) is 7.27. The van der Waals surface area contributed by atoms with E-state index in [1.54, 1.807) is 39.8 Å². The lowest BCUT2D eigenvalue weighted by Gasteiger charge is -2.17. The normalized spacial score (nSPS) is 11.8. The first-order valence-electron chi connectivity index (χ1n) is 6.11. The van der Waals surface area contributed by atoms with Gasteiger partial charge in [0.2, 0.25) is 5.91 Å². The summed E-state index contributed by atoms with van der Waals surface area (Å²) in [6.07, 6.45) is -0.697. The van der Waals surface area contributed by atoms with Crippen molar-refractivity contribution in [3.8, 4) is 5.75 Å². The molecule has 1 rings (SSSR count). The Morgan fingerprint density at radius 3 is 2.21 bits per heavy atom. The fourth-order valence-electron chi connectivity index (χ4n) is 1.76. The summed E-state index contributed by atoms with van der Waals surface area (Å²) in [5.74, 6) is -0.331. The van der Waals surface area contributed by atoms with Gasteiger partial charge in [-0.05, 0) is 51.0 Å². The van der Waals surface area contributed by atoms with Gasteiger partial charge in [0.05, 0.1) is 6.61 Å². The highest BCUT2D eigenvalue weighted by molar-refractivity contribution is 5.93. The predicted molar refractivity (Wildman–Crippen MR) is 71.2 cm³/mol. The third-order valence-corrected chi connectivity index (χ3v) is 2.66. The Kier molecular flexibility index (Phi) is 4.92. The molecule has 0 saturated heterocycles. The summed E-state index contributed by atoms with van der Waals surface area (Å²) < 4.78 is 10.5. The molecular formula is C14H19NO4. The van der Waals surface area contributed by atoms with Crippen LogP contribution in [0.5, 0.6) is 5.75 Å². The zero-order chi connectivity index (χ0) is 14.6. The van der Waals surface area contributed by atoms with Crippen LogP contribution in [0.2, 0.25) is 0 Å². The molecule has 19 heavy (non-hydrogen) atoms. The Bertz CT molecular complexity index is 473. The van der Waals surface area contributed by atoms with E-state index in [0.29, 0.717) is 17.9 Å². The molecule has 0 saturated carbocycles. The largest absolute Gasteiger partial charge is 0.478 e. The van der Waals surface area contributed by atoms with Crippen LogP contribution in [0, 0.1) is 13.8 Å². The molecule has 104 valence electrons. The van der Waals surface area contributed by atoms with E-state index in [-0.39, 0.29) is 0 Å². The summed E-state index contributed by atoms with van der Waals surface area (Å²) in [7, 11) is 0. The number of amides is 1. The van der Waals surface area contributed by atoms with Gasteiger partial charge in [-0.3, -0.25) is 4.79 Å². The van der Waals surface area contributed by atoms with Gasteiger partial charge < -0.3 is 15.2 Å². The van der Waals surface area contributed by atoms with Gasteiger partial charge in [0.1, 0.15) is 5.75 Å². The van der Waals surface area contributed by atoms with E-state index < -0.39 is 18.0 Å². The van der Waals surface area contributed by atoms with Crippen molar-refractivity contribution in [1.82, 2.24) is 0 Å². The highest BCUT2D eigenvalue weighted by atomic mass is 16.6. The summed E-state index contributed by atoms with van der Waals surface area (Å²) in [4.78, 5) is 22.7. The number of nitrogens with two attached hydrogens (primary N) is 1. The van der Waals surface area contributed by atoms with Crippen molar-refractivity contribution in [2.75, 3.05) is 6.61 Å². The van der Waals surface area contributed by atoms with Crippen LogP contribution < -0.4 is 10.5 Å². The number of carbonyl (C=O) groups excluding carboxylic acids is 2. The average molecular weight is 265 g/mol. The lowest BCUT2D eigenvalue weighted by molar-refractivity contribution is -0.150.